The Hall–Kier alpha value is -3.49. The quantitative estimate of drug-likeness (QED) is 0.263. The van der Waals surface area contributed by atoms with Gasteiger partial charge in [-0.1, -0.05) is 25.5 Å². The number of hydrogen-bond donors (Lipinski definition) is 0. The van der Waals surface area contributed by atoms with E-state index in [1.165, 1.54) is 24.5 Å². The van der Waals surface area contributed by atoms with Crippen LogP contribution in [0.1, 0.15) is 35.9 Å². The molecule has 162 valence electrons. The second-order valence-corrected chi connectivity index (χ2v) is 6.57. The van der Waals surface area contributed by atoms with Crippen molar-refractivity contribution in [2.45, 2.75) is 32.8 Å². The van der Waals surface area contributed by atoms with E-state index in [0.717, 1.165) is 49.1 Å². The second-order valence-electron chi connectivity index (χ2n) is 6.57. The molecule has 5 nitrogen and oxygen atoms in total. The molecule has 0 saturated heterocycles. The minimum absolute atomic E-state index is 0.0977. The Morgan fingerprint density at radius 2 is 1.61 bits per heavy atom. The Kier molecular flexibility index (Phi) is 7.17. The first kappa shape index (κ1) is 22.2. The number of aryl methyl sites for hydroxylation is 1. The zero-order valence-electron chi connectivity index (χ0n) is 16.4. The first-order valence-corrected chi connectivity index (χ1v) is 9.44. The van der Waals surface area contributed by atoms with E-state index in [0.29, 0.717) is 0 Å². The van der Waals surface area contributed by atoms with E-state index < -0.39 is 29.8 Å². The van der Waals surface area contributed by atoms with Gasteiger partial charge in [-0.05, 0) is 36.1 Å². The molecule has 0 unspecified atom stereocenters. The number of aromatic nitrogens is 2. The monoisotopic (exact) mass is 434 g/mol. The van der Waals surface area contributed by atoms with Gasteiger partial charge < -0.3 is 9.47 Å². The van der Waals surface area contributed by atoms with Crippen LogP contribution in [0.15, 0.2) is 48.8 Å². The number of esters is 1. The van der Waals surface area contributed by atoms with Crippen LogP contribution in [0.5, 0.6) is 11.5 Å². The maximum absolute atomic E-state index is 14.5. The number of unbranched alkanes of at least 4 members (excludes halogenated alkanes) is 1. The molecule has 0 N–H and O–H groups in total. The average Bonchev–Trinajstić information content (AvgIpc) is 2.73. The van der Waals surface area contributed by atoms with Crippen LogP contribution >= 0.6 is 0 Å². The van der Waals surface area contributed by atoms with Gasteiger partial charge in [0.25, 0.3) is 0 Å². The molecular formula is C22H18F4N2O3. The summed E-state index contributed by atoms with van der Waals surface area (Å²) in [6.45, 7) is -0.961. The molecule has 0 amide bonds. The number of benzene rings is 2. The number of nitrogens with zero attached hydrogens (tertiary/aromatic N) is 2. The highest BCUT2D eigenvalue weighted by Crippen LogP contribution is 2.31. The predicted molar refractivity (Wildman–Crippen MR) is 104 cm³/mol. The Morgan fingerprint density at radius 1 is 1.00 bits per heavy atom. The molecule has 1 heterocycles. The molecule has 31 heavy (non-hydrogen) atoms. The number of hydrogen-bond acceptors (Lipinski definition) is 5. The van der Waals surface area contributed by atoms with Gasteiger partial charge >= 0.3 is 12.6 Å². The number of carbonyl (C=O) groups is 1. The van der Waals surface area contributed by atoms with E-state index in [9.17, 15) is 22.4 Å². The molecule has 0 saturated carbocycles. The lowest BCUT2D eigenvalue weighted by Gasteiger charge is -2.10. The Labute approximate surface area is 175 Å². The SMILES string of the molecule is CCCCc1cnc(C(=O)Oc2cc(F)c(-c3ccc(OC(F)F)cc3)c(F)c2)nc1. The van der Waals surface area contributed by atoms with Crippen LogP contribution in [-0.4, -0.2) is 22.5 Å². The molecule has 0 radical (unpaired) electrons. The molecule has 1 aromatic heterocycles. The fourth-order valence-corrected chi connectivity index (χ4v) is 2.81. The molecular weight excluding hydrogens is 416 g/mol. The lowest BCUT2D eigenvalue weighted by Crippen LogP contribution is -2.13. The zero-order chi connectivity index (χ0) is 22.4. The van der Waals surface area contributed by atoms with Crippen molar-refractivity contribution in [3.63, 3.8) is 0 Å². The smallest absolute Gasteiger partial charge is 0.387 e. The van der Waals surface area contributed by atoms with Crippen LogP contribution in [0.3, 0.4) is 0 Å². The summed E-state index contributed by atoms with van der Waals surface area (Å²) in [5.74, 6) is -3.70. The van der Waals surface area contributed by atoms with Gasteiger partial charge in [0, 0.05) is 24.5 Å². The second kappa shape index (κ2) is 10.0. The number of carbonyl (C=O) groups excluding carboxylic acids is 1. The first-order valence-electron chi connectivity index (χ1n) is 9.44. The van der Waals surface area contributed by atoms with Crippen molar-refractivity contribution < 1.29 is 31.8 Å². The van der Waals surface area contributed by atoms with Gasteiger partial charge in [-0.15, -0.1) is 0 Å². The molecule has 9 heteroatoms. The number of alkyl halides is 2. The average molecular weight is 434 g/mol. The maximum Gasteiger partial charge on any atom is 0.387 e. The van der Waals surface area contributed by atoms with E-state index in [2.05, 4.69) is 14.7 Å². The number of ether oxygens (including phenoxy) is 2. The standard InChI is InChI=1S/C22H18F4N2O3/c1-2-3-4-13-11-27-20(28-12-13)21(29)30-16-9-17(23)19(18(24)10-16)14-5-7-15(8-6-14)31-22(25)26/h5-12,22H,2-4H2,1H3. The molecule has 3 aromatic rings. The van der Waals surface area contributed by atoms with Crippen LogP contribution in [-0.2, 0) is 6.42 Å². The van der Waals surface area contributed by atoms with Gasteiger partial charge in [-0.2, -0.15) is 8.78 Å². The van der Waals surface area contributed by atoms with E-state index in [1.54, 1.807) is 0 Å². The van der Waals surface area contributed by atoms with Gasteiger partial charge in [-0.3, -0.25) is 0 Å². The molecule has 0 aliphatic heterocycles. The molecule has 2 aromatic carbocycles. The van der Waals surface area contributed by atoms with Gasteiger partial charge in [-0.25, -0.2) is 23.5 Å². The van der Waals surface area contributed by atoms with Crippen LogP contribution < -0.4 is 9.47 Å². The lowest BCUT2D eigenvalue weighted by molar-refractivity contribution is -0.0498. The van der Waals surface area contributed by atoms with Crippen molar-refractivity contribution in [2.24, 2.45) is 0 Å². The molecule has 0 aliphatic rings. The van der Waals surface area contributed by atoms with Crippen molar-refractivity contribution in [1.29, 1.82) is 0 Å². The minimum Gasteiger partial charge on any atom is -0.435 e. The third kappa shape index (κ3) is 5.78. The third-order valence-electron chi connectivity index (χ3n) is 4.30. The highest BCUT2D eigenvalue weighted by Gasteiger charge is 2.18. The summed E-state index contributed by atoms with van der Waals surface area (Å²) in [6, 6.07) is 6.48. The third-order valence-corrected chi connectivity index (χ3v) is 4.30. The van der Waals surface area contributed by atoms with Crippen LogP contribution in [0.2, 0.25) is 0 Å². The molecule has 3 rings (SSSR count). The van der Waals surface area contributed by atoms with Gasteiger partial charge in [0.1, 0.15) is 23.1 Å². The first-order chi connectivity index (χ1) is 14.9. The molecule has 0 bridgehead atoms. The maximum atomic E-state index is 14.5. The number of rotatable bonds is 8. The van der Waals surface area contributed by atoms with Crippen molar-refractivity contribution in [2.75, 3.05) is 0 Å². The summed E-state index contributed by atoms with van der Waals surface area (Å²) >= 11 is 0. The highest BCUT2D eigenvalue weighted by atomic mass is 19.3. The van der Waals surface area contributed by atoms with Crippen molar-refractivity contribution in [1.82, 2.24) is 9.97 Å². The summed E-state index contributed by atoms with van der Waals surface area (Å²) in [5.41, 5.74) is 0.560. The summed E-state index contributed by atoms with van der Waals surface area (Å²) in [6.07, 6.45) is 5.75. The van der Waals surface area contributed by atoms with E-state index >= 15 is 0 Å². The fourth-order valence-electron chi connectivity index (χ4n) is 2.81. The summed E-state index contributed by atoms with van der Waals surface area (Å²) in [7, 11) is 0. The molecule has 0 atom stereocenters. The Bertz CT molecular complexity index is 1020. The minimum atomic E-state index is -3.01. The van der Waals surface area contributed by atoms with Crippen molar-refractivity contribution in [3.05, 3.63) is 71.8 Å². The van der Waals surface area contributed by atoms with Crippen LogP contribution in [0, 0.1) is 11.6 Å². The summed E-state index contributed by atoms with van der Waals surface area (Å²) < 4.78 is 62.7. The molecule has 0 fully saturated rings. The Balaban J connectivity index is 1.74. The van der Waals surface area contributed by atoms with E-state index in [1.807, 2.05) is 6.92 Å². The van der Waals surface area contributed by atoms with Gasteiger partial charge in [0.05, 0.1) is 5.56 Å². The molecule has 0 aliphatic carbocycles. The lowest BCUT2D eigenvalue weighted by atomic mass is 10.0. The summed E-state index contributed by atoms with van der Waals surface area (Å²) in [5, 5.41) is 0. The summed E-state index contributed by atoms with van der Waals surface area (Å²) in [4.78, 5) is 20.0. The van der Waals surface area contributed by atoms with Crippen LogP contribution in [0.4, 0.5) is 17.6 Å². The van der Waals surface area contributed by atoms with Crippen LogP contribution in [0.25, 0.3) is 11.1 Å². The van der Waals surface area contributed by atoms with Gasteiger partial charge in [0.2, 0.25) is 5.82 Å². The van der Waals surface area contributed by atoms with E-state index in [-0.39, 0.29) is 22.9 Å². The van der Waals surface area contributed by atoms with Gasteiger partial charge in [0.15, 0.2) is 0 Å². The Morgan fingerprint density at radius 3 is 2.16 bits per heavy atom. The topological polar surface area (TPSA) is 61.3 Å². The zero-order valence-corrected chi connectivity index (χ0v) is 16.4. The van der Waals surface area contributed by atoms with Crippen molar-refractivity contribution >= 4 is 5.97 Å². The fraction of sp³-hybridized carbons (Fsp3) is 0.227. The largest absolute Gasteiger partial charge is 0.435 e. The van der Waals surface area contributed by atoms with E-state index in [4.69, 9.17) is 4.74 Å². The highest BCUT2D eigenvalue weighted by molar-refractivity contribution is 5.87. The van der Waals surface area contributed by atoms with Crippen molar-refractivity contribution in [3.8, 4) is 22.6 Å². The number of halogens is 4. The predicted octanol–water partition coefficient (Wildman–Crippen LogP) is 5.59. The normalized spacial score (nSPS) is 10.9. The molecule has 0 spiro atoms.